The van der Waals surface area contributed by atoms with Gasteiger partial charge in [-0.3, -0.25) is 0 Å². The standard InChI is InChI=1S/C17H28N2O/c1-13-5-4-6-16(11-13)17(20)12-18-14(2)15-7-9-19(3)10-8-15/h4-6,11,14-15,17-18,20H,7-10,12H2,1-3H3. The number of rotatable bonds is 5. The molecule has 112 valence electrons. The number of hydrogen-bond donors (Lipinski definition) is 2. The fraction of sp³-hybridized carbons (Fsp3) is 0.647. The highest BCUT2D eigenvalue weighted by Gasteiger charge is 2.22. The smallest absolute Gasteiger partial charge is 0.0914 e. The van der Waals surface area contributed by atoms with E-state index < -0.39 is 6.10 Å². The first-order chi connectivity index (χ1) is 9.56. The van der Waals surface area contributed by atoms with E-state index in [0.717, 1.165) is 11.5 Å². The van der Waals surface area contributed by atoms with Crippen LogP contribution in [0.25, 0.3) is 0 Å². The summed E-state index contributed by atoms with van der Waals surface area (Å²) in [6.07, 6.45) is 2.10. The molecular weight excluding hydrogens is 248 g/mol. The molecule has 1 aliphatic heterocycles. The molecule has 2 rings (SSSR count). The molecule has 1 fully saturated rings. The maximum Gasteiger partial charge on any atom is 0.0914 e. The van der Waals surface area contributed by atoms with Crippen LogP contribution in [0.5, 0.6) is 0 Å². The summed E-state index contributed by atoms with van der Waals surface area (Å²) in [4.78, 5) is 2.39. The number of nitrogens with zero attached hydrogens (tertiary/aromatic N) is 1. The van der Waals surface area contributed by atoms with Gasteiger partial charge in [0.25, 0.3) is 0 Å². The third-order valence-electron chi connectivity index (χ3n) is 4.53. The summed E-state index contributed by atoms with van der Waals surface area (Å²) in [5.74, 6) is 0.732. The van der Waals surface area contributed by atoms with Crippen molar-refractivity contribution >= 4 is 0 Å². The van der Waals surface area contributed by atoms with Gasteiger partial charge >= 0.3 is 0 Å². The highest BCUT2D eigenvalue weighted by molar-refractivity contribution is 5.24. The molecule has 1 saturated heterocycles. The summed E-state index contributed by atoms with van der Waals surface area (Å²) in [5, 5.41) is 13.8. The number of aryl methyl sites for hydroxylation is 1. The maximum atomic E-state index is 10.3. The predicted octanol–water partition coefficient (Wildman–Crippen LogP) is 2.35. The number of aliphatic hydroxyl groups excluding tert-OH is 1. The normalized spacial score (nSPS) is 20.8. The van der Waals surface area contributed by atoms with Gasteiger partial charge in [-0.05, 0) is 58.3 Å². The van der Waals surface area contributed by atoms with Crippen molar-refractivity contribution in [2.24, 2.45) is 5.92 Å². The van der Waals surface area contributed by atoms with Crippen LogP contribution in [0.4, 0.5) is 0 Å². The van der Waals surface area contributed by atoms with Crippen molar-refractivity contribution in [3.8, 4) is 0 Å². The van der Waals surface area contributed by atoms with E-state index in [9.17, 15) is 5.11 Å². The lowest BCUT2D eigenvalue weighted by molar-refractivity contribution is 0.150. The molecule has 3 nitrogen and oxygen atoms in total. The number of piperidine rings is 1. The number of likely N-dealkylation sites (tertiary alicyclic amines) is 1. The highest BCUT2D eigenvalue weighted by Crippen LogP contribution is 2.20. The zero-order valence-corrected chi connectivity index (χ0v) is 13.0. The summed E-state index contributed by atoms with van der Waals surface area (Å²) in [6.45, 7) is 7.33. The number of aliphatic hydroxyl groups is 1. The van der Waals surface area contributed by atoms with Crippen molar-refractivity contribution in [2.45, 2.75) is 38.8 Å². The second kappa shape index (κ2) is 7.21. The minimum atomic E-state index is -0.413. The summed E-state index contributed by atoms with van der Waals surface area (Å²) in [6, 6.07) is 8.61. The Morgan fingerprint density at radius 1 is 1.35 bits per heavy atom. The van der Waals surface area contributed by atoms with Gasteiger partial charge in [0, 0.05) is 12.6 Å². The van der Waals surface area contributed by atoms with E-state index in [1.54, 1.807) is 0 Å². The van der Waals surface area contributed by atoms with Crippen LogP contribution in [0.2, 0.25) is 0 Å². The van der Waals surface area contributed by atoms with E-state index in [4.69, 9.17) is 0 Å². The van der Waals surface area contributed by atoms with Gasteiger partial charge in [-0.2, -0.15) is 0 Å². The highest BCUT2D eigenvalue weighted by atomic mass is 16.3. The molecule has 2 unspecified atom stereocenters. The van der Waals surface area contributed by atoms with Gasteiger partial charge < -0.3 is 15.3 Å². The van der Waals surface area contributed by atoms with Gasteiger partial charge in [0.05, 0.1) is 6.10 Å². The molecule has 20 heavy (non-hydrogen) atoms. The number of hydrogen-bond acceptors (Lipinski definition) is 3. The molecule has 0 radical (unpaired) electrons. The van der Waals surface area contributed by atoms with Crippen LogP contribution in [0, 0.1) is 12.8 Å². The number of nitrogens with one attached hydrogen (secondary N) is 1. The van der Waals surface area contributed by atoms with Crippen molar-refractivity contribution < 1.29 is 5.11 Å². The molecule has 1 heterocycles. The van der Waals surface area contributed by atoms with E-state index >= 15 is 0 Å². The Balaban J connectivity index is 1.79. The predicted molar refractivity (Wildman–Crippen MR) is 83.8 cm³/mol. The molecule has 0 bridgehead atoms. The lowest BCUT2D eigenvalue weighted by Crippen LogP contribution is -2.41. The van der Waals surface area contributed by atoms with E-state index in [1.807, 2.05) is 12.1 Å². The first-order valence-electron chi connectivity index (χ1n) is 7.73. The molecule has 3 heteroatoms. The molecule has 1 aromatic carbocycles. The molecule has 0 amide bonds. The van der Waals surface area contributed by atoms with Gasteiger partial charge in [0.15, 0.2) is 0 Å². The zero-order valence-electron chi connectivity index (χ0n) is 13.0. The largest absolute Gasteiger partial charge is 0.387 e. The van der Waals surface area contributed by atoms with Crippen molar-refractivity contribution in [1.29, 1.82) is 0 Å². The Bertz CT molecular complexity index is 413. The molecule has 2 N–H and O–H groups in total. The quantitative estimate of drug-likeness (QED) is 0.866. The summed E-state index contributed by atoms with van der Waals surface area (Å²) >= 11 is 0. The van der Waals surface area contributed by atoms with E-state index in [2.05, 4.69) is 43.2 Å². The van der Waals surface area contributed by atoms with Crippen molar-refractivity contribution in [1.82, 2.24) is 10.2 Å². The van der Waals surface area contributed by atoms with Crippen LogP contribution in [0.1, 0.15) is 37.0 Å². The van der Waals surface area contributed by atoms with Crippen molar-refractivity contribution in [3.05, 3.63) is 35.4 Å². The molecule has 2 atom stereocenters. The van der Waals surface area contributed by atoms with Crippen LogP contribution in [0.3, 0.4) is 0 Å². The topological polar surface area (TPSA) is 35.5 Å². The van der Waals surface area contributed by atoms with Gasteiger partial charge in [-0.15, -0.1) is 0 Å². The fourth-order valence-electron chi connectivity index (χ4n) is 2.99. The third kappa shape index (κ3) is 4.30. The second-order valence-electron chi connectivity index (χ2n) is 6.27. The van der Waals surface area contributed by atoms with E-state index in [-0.39, 0.29) is 0 Å². The van der Waals surface area contributed by atoms with Crippen LogP contribution < -0.4 is 5.32 Å². The first kappa shape index (κ1) is 15.5. The summed E-state index contributed by atoms with van der Waals surface area (Å²) in [5.41, 5.74) is 2.21. The summed E-state index contributed by atoms with van der Waals surface area (Å²) in [7, 11) is 2.19. The zero-order chi connectivity index (χ0) is 14.5. The van der Waals surface area contributed by atoms with E-state index in [1.165, 1.54) is 31.5 Å². The number of benzene rings is 1. The lowest BCUT2D eigenvalue weighted by atomic mass is 9.90. The Kier molecular flexibility index (Phi) is 5.58. The molecule has 0 spiro atoms. The molecule has 1 aliphatic rings. The molecule has 0 saturated carbocycles. The molecule has 0 aromatic heterocycles. The van der Waals surface area contributed by atoms with Crippen molar-refractivity contribution in [3.63, 3.8) is 0 Å². The third-order valence-corrected chi connectivity index (χ3v) is 4.53. The maximum absolute atomic E-state index is 10.3. The van der Waals surface area contributed by atoms with Crippen LogP contribution in [-0.2, 0) is 0 Å². The Labute approximate surface area is 123 Å². The van der Waals surface area contributed by atoms with E-state index in [0.29, 0.717) is 12.6 Å². The SMILES string of the molecule is Cc1cccc(C(O)CNC(C)C2CCN(C)CC2)c1. The fourth-order valence-corrected chi connectivity index (χ4v) is 2.99. The van der Waals surface area contributed by atoms with Crippen molar-refractivity contribution in [2.75, 3.05) is 26.7 Å². The van der Waals surface area contributed by atoms with Gasteiger partial charge in [0.2, 0.25) is 0 Å². The van der Waals surface area contributed by atoms with Crippen LogP contribution in [0.15, 0.2) is 24.3 Å². The second-order valence-corrected chi connectivity index (χ2v) is 6.27. The average molecular weight is 276 g/mol. The minimum Gasteiger partial charge on any atom is -0.387 e. The molecule has 1 aromatic rings. The van der Waals surface area contributed by atoms with Crippen LogP contribution in [-0.4, -0.2) is 42.7 Å². The lowest BCUT2D eigenvalue weighted by Gasteiger charge is -2.33. The Morgan fingerprint density at radius 2 is 2.05 bits per heavy atom. The monoisotopic (exact) mass is 276 g/mol. The summed E-state index contributed by atoms with van der Waals surface area (Å²) < 4.78 is 0. The Hall–Kier alpha value is -0.900. The first-order valence-corrected chi connectivity index (χ1v) is 7.73. The Morgan fingerprint density at radius 3 is 2.70 bits per heavy atom. The molecule has 0 aliphatic carbocycles. The van der Waals surface area contributed by atoms with Gasteiger partial charge in [-0.1, -0.05) is 29.8 Å². The van der Waals surface area contributed by atoms with Crippen LogP contribution >= 0.6 is 0 Å². The minimum absolute atomic E-state index is 0.413. The van der Waals surface area contributed by atoms with Gasteiger partial charge in [0.1, 0.15) is 0 Å². The van der Waals surface area contributed by atoms with Gasteiger partial charge in [-0.25, -0.2) is 0 Å². The molecular formula is C17H28N2O. The average Bonchev–Trinajstić information content (AvgIpc) is 2.45.